The third-order valence-corrected chi connectivity index (χ3v) is 8.83. The van der Waals surface area contributed by atoms with Crippen LogP contribution in [0.4, 0.5) is 27.5 Å². The Morgan fingerprint density at radius 2 is 1.93 bits per heavy atom. The lowest BCUT2D eigenvalue weighted by atomic mass is 10.1. The van der Waals surface area contributed by atoms with Gasteiger partial charge in [0.2, 0.25) is 6.79 Å². The molecule has 0 bridgehead atoms. The minimum absolute atomic E-state index is 0.0255. The fourth-order valence-corrected chi connectivity index (χ4v) is 6.75. The summed E-state index contributed by atoms with van der Waals surface area (Å²) in [6, 6.07) is 12.6. The van der Waals surface area contributed by atoms with Crippen LogP contribution in [0.2, 0.25) is 5.02 Å². The van der Waals surface area contributed by atoms with Crippen molar-refractivity contribution >= 4 is 67.8 Å². The number of thiophene rings is 1. The molecule has 7 rings (SSSR count). The smallest absolute Gasteiger partial charge is 0.331 e. The highest BCUT2D eigenvalue weighted by atomic mass is 35.5. The predicted molar refractivity (Wildman–Crippen MR) is 157 cm³/mol. The van der Waals surface area contributed by atoms with Crippen molar-refractivity contribution < 1.29 is 19.1 Å². The van der Waals surface area contributed by atoms with Crippen LogP contribution in [0.15, 0.2) is 42.6 Å². The Bertz CT molecular complexity index is 1760. The molecule has 1 fully saturated rings. The maximum absolute atomic E-state index is 13.6. The Morgan fingerprint density at radius 1 is 1.12 bits per heavy atom. The zero-order valence-corrected chi connectivity index (χ0v) is 23.3. The van der Waals surface area contributed by atoms with E-state index in [1.165, 1.54) is 35.9 Å². The number of nitriles is 1. The second-order valence-corrected chi connectivity index (χ2v) is 11.4. The molecule has 4 aromatic rings. The van der Waals surface area contributed by atoms with Crippen molar-refractivity contribution in [3.63, 3.8) is 0 Å². The molecular weight excluding hydrogens is 564 g/mol. The molecule has 2 aromatic heterocycles. The number of halogens is 1. The first-order valence-electron chi connectivity index (χ1n) is 13.2. The van der Waals surface area contributed by atoms with Crippen molar-refractivity contribution in [1.29, 1.82) is 5.26 Å². The number of rotatable bonds is 5. The minimum Gasteiger partial charge on any atom is -0.454 e. The third kappa shape index (κ3) is 4.41. The van der Waals surface area contributed by atoms with E-state index in [1.807, 2.05) is 24.3 Å². The summed E-state index contributed by atoms with van der Waals surface area (Å²) in [4.78, 5) is 36.1. The van der Waals surface area contributed by atoms with Gasteiger partial charge in [-0.25, -0.2) is 9.78 Å². The Labute approximate surface area is 244 Å². The summed E-state index contributed by atoms with van der Waals surface area (Å²) in [5, 5.41) is 16.4. The van der Waals surface area contributed by atoms with Crippen molar-refractivity contribution in [2.24, 2.45) is 0 Å². The topological polar surface area (TPSA) is 120 Å². The van der Waals surface area contributed by atoms with Crippen molar-refractivity contribution in [2.75, 3.05) is 35.4 Å². The average Bonchev–Trinajstić information content (AvgIpc) is 3.61. The van der Waals surface area contributed by atoms with E-state index in [-0.39, 0.29) is 39.5 Å². The van der Waals surface area contributed by atoms with Gasteiger partial charge < -0.3 is 20.1 Å². The highest BCUT2D eigenvalue weighted by Gasteiger charge is 2.38. The molecule has 0 unspecified atom stereocenters. The number of benzene rings is 2. The number of pyridine rings is 1. The van der Waals surface area contributed by atoms with Crippen LogP contribution in [0.25, 0.3) is 10.2 Å². The molecule has 1 saturated heterocycles. The van der Waals surface area contributed by atoms with E-state index in [0.717, 1.165) is 31.0 Å². The number of urea groups is 1. The molecule has 0 saturated carbocycles. The van der Waals surface area contributed by atoms with E-state index in [9.17, 15) is 14.9 Å². The van der Waals surface area contributed by atoms with Gasteiger partial charge in [-0.05, 0) is 55.8 Å². The fourth-order valence-electron chi connectivity index (χ4n) is 5.52. The maximum atomic E-state index is 13.6. The van der Waals surface area contributed by atoms with Gasteiger partial charge in [-0.15, -0.1) is 11.3 Å². The first-order chi connectivity index (χ1) is 20.0. The van der Waals surface area contributed by atoms with E-state index >= 15 is 0 Å². The minimum atomic E-state index is -0.596. The summed E-state index contributed by atoms with van der Waals surface area (Å²) < 4.78 is 11.1. The zero-order valence-electron chi connectivity index (χ0n) is 21.7. The summed E-state index contributed by atoms with van der Waals surface area (Å²) in [5.74, 6) is 0.335. The van der Waals surface area contributed by atoms with E-state index in [1.54, 1.807) is 12.1 Å². The Hall–Kier alpha value is -4.37. The molecule has 3 aliphatic rings. The van der Waals surface area contributed by atoms with Crippen molar-refractivity contribution in [2.45, 2.75) is 25.8 Å². The number of piperidine rings is 1. The molecule has 206 valence electrons. The van der Waals surface area contributed by atoms with Gasteiger partial charge >= 0.3 is 6.03 Å². The third-order valence-electron chi connectivity index (χ3n) is 7.43. The highest BCUT2D eigenvalue weighted by Crippen LogP contribution is 2.53. The van der Waals surface area contributed by atoms with Gasteiger partial charge in [0, 0.05) is 18.4 Å². The SMILES string of the molecule is N#Cc1cnc2sc(C(=O)Nc3ccc(CN4CCCCC4)cc3)c3c2c1N(c1c(Cl)ccc2c1OCO2)C(=O)N3. The fraction of sp³-hybridized carbons (Fsp3) is 0.241. The molecule has 41 heavy (non-hydrogen) atoms. The predicted octanol–water partition coefficient (Wildman–Crippen LogP) is 6.47. The number of ether oxygens (including phenoxy) is 2. The molecule has 10 nitrogen and oxygen atoms in total. The quantitative estimate of drug-likeness (QED) is 0.275. The average molecular weight is 587 g/mol. The number of anilines is 4. The van der Waals surface area contributed by atoms with Crippen LogP contribution in [-0.4, -0.2) is 41.7 Å². The van der Waals surface area contributed by atoms with E-state index < -0.39 is 6.03 Å². The molecule has 12 heteroatoms. The summed E-state index contributed by atoms with van der Waals surface area (Å²) in [7, 11) is 0. The van der Waals surface area contributed by atoms with Crippen LogP contribution in [0.5, 0.6) is 11.5 Å². The van der Waals surface area contributed by atoms with E-state index in [4.69, 9.17) is 21.1 Å². The molecule has 5 heterocycles. The number of likely N-dealkylation sites (tertiary alicyclic amines) is 1. The number of nitrogens with one attached hydrogen (secondary N) is 2. The number of fused-ring (bicyclic) bond motifs is 1. The highest BCUT2D eigenvalue weighted by molar-refractivity contribution is 7.21. The van der Waals surface area contributed by atoms with Crippen molar-refractivity contribution in [1.82, 2.24) is 9.88 Å². The second-order valence-electron chi connectivity index (χ2n) is 10.0. The molecule has 0 radical (unpaired) electrons. The standard InChI is InChI=1S/C29H23ClN6O4S/c30-19-8-9-20-25(40-15-39-20)24(19)36-23-17(12-31)13-32-28-21(23)22(34-29(36)38)26(41-28)27(37)33-18-6-4-16(5-7-18)14-35-10-2-1-3-11-35/h4-9,13H,1-3,10-11,14-15H2,(H,33,37)(H,34,38). The maximum Gasteiger partial charge on any atom is 0.331 e. The van der Waals surface area contributed by atoms with Crippen molar-refractivity contribution in [3.05, 3.63) is 63.6 Å². The van der Waals surface area contributed by atoms with Crippen molar-refractivity contribution in [3.8, 4) is 17.6 Å². The molecular formula is C29H23ClN6O4S. The summed E-state index contributed by atoms with van der Waals surface area (Å²) in [6.07, 6.45) is 5.14. The van der Waals surface area contributed by atoms with Gasteiger partial charge in [-0.3, -0.25) is 14.6 Å². The van der Waals surface area contributed by atoms with Crippen LogP contribution in [0.3, 0.4) is 0 Å². The molecule has 0 spiro atoms. The molecule has 2 aromatic carbocycles. The van der Waals surface area contributed by atoms with Gasteiger partial charge in [-0.1, -0.05) is 30.2 Å². The number of nitrogens with zero attached hydrogens (tertiary/aromatic N) is 4. The lowest BCUT2D eigenvalue weighted by Crippen LogP contribution is -2.35. The molecule has 0 atom stereocenters. The van der Waals surface area contributed by atoms with Gasteiger partial charge in [0.15, 0.2) is 11.5 Å². The summed E-state index contributed by atoms with van der Waals surface area (Å²) in [6.45, 7) is 3.08. The largest absolute Gasteiger partial charge is 0.454 e. The zero-order chi connectivity index (χ0) is 28.1. The first kappa shape index (κ1) is 25.6. The van der Waals surface area contributed by atoms with E-state index in [2.05, 4.69) is 26.6 Å². The number of hydrogen-bond acceptors (Lipinski definition) is 8. The number of aromatic nitrogens is 1. The monoisotopic (exact) mass is 586 g/mol. The van der Waals surface area contributed by atoms with Crippen LogP contribution in [-0.2, 0) is 6.54 Å². The van der Waals surface area contributed by atoms with Gasteiger partial charge in [0.05, 0.1) is 27.3 Å². The lowest BCUT2D eigenvalue weighted by molar-refractivity contribution is 0.103. The Kier molecular flexibility index (Phi) is 6.38. The summed E-state index contributed by atoms with van der Waals surface area (Å²) in [5.41, 5.74) is 2.80. The van der Waals surface area contributed by atoms with E-state index in [0.29, 0.717) is 33.1 Å². The molecule has 0 aliphatic carbocycles. The first-order valence-corrected chi connectivity index (χ1v) is 14.4. The number of carbonyl (C=O) groups excluding carboxylic acids is 2. The number of hydrogen-bond donors (Lipinski definition) is 2. The Balaban J connectivity index is 1.24. The van der Waals surface area contributed by atoms with Crippen LogP contribution < -0.4 is 25.0 Å². The number of amides is 3. The van der Waals surface area contributed by atoms with Gasteiger partial charge in [0.1, 0.15) is 21.5 Å². The summed E-state index contributed by atoms with van der Waals surface area (Å²) >= 11 is 7.69. The normalized spacial score (nSPS) is 16.0. The molecule has 2 N–H and O–H groups in total. The molecule has 3 aliphatic heterocycles. The number of carbonyl (C=O) groups is 2. The van der Waals surface area contributed by atoms with Crippen LogP contribution in [0, 0.1) is 11.3 Å². The van der Waals surface area contributed by atoms with Gasteiger partial charge in [-0.2, -0.15) is 5.26 Å². The Morgan fingerprint density at radius 3 is 2.71 bits per heavy atom. The van der Waals surface area contributed by atoms with Crippen LogP contribution in [0.1, 0.15) is 40.1 Å². The van der Waals surface area contributed by atoms with Gasteiger partial charge in [0.25, 0.3) is 5.91 Å². The molecule has 3 amide bonds. The lowest BCUT2D eigenvalue weighted by Gasteiger charge is -2.30. The van der Waals surface area contributed by atoms with Crippen LogP contribution >= 0.6 is 22.9 Å². The second kappa shape index (κ2) is 10.2.